The number of carbonyl (C=O) groups is 1. The average molecular weight is 373 g/mol. The molecule has 0 saturated carbocycles. The highest BCUT2D eigenvalue weighted by Gasteiger charge is 2.29. The highest BCUT2D eigenvalue weighted by atomic mass is 79.9. The maximum atomic E-state index is 13.3. The van der Waals surface area contributed by atoms with Gasteiger partial charge in [0.2, 0.25) is 34.8 Å². The molecule has 0 radical (unpaired) electrons. The minimum atomic E-state index is -2.32. The SMILES string of the molecule is O=C(Oc1c(F)c(F)c(F)c(F)c1F)c1ccc(Br)s1. The Kier molecular flexibility index (Phi) is 4.09. The van der Waals surface area contributed by atoms with Gasteiger partial charge in [-0.25, -0.2) is 18.0 Å². The second-order valence-electron chi connectivity index (χ2n) is 3.39. The van der Waals surface area contributed by atoms with Crippen molar-refractivity contribution in [1.82, 2.24) is 0 Å². The van der Waals surface area contributed by atoms with Crippen LogP contribution < -0.4 is 4.74 Å². The Morgan fingerprint density at radius 1 is 0.950 bits per heavy atom. The number of carbonyl (C=O) groups excluding carboxylic acids is 1. The molecule has 0 unspecified atom stereocenters. The molecule has 0 atom stereocenters. The highest BCUT2D eigenvalue weighted by Crippen LogP contribution is 2.30. The molecule has 0 saturated heterocycles. The molecule has 9 heteroatoms. The zero-order valence-electron chi connectivity index (χ0n) is 9.15. The topological polar surface area (TPSA) is 26.3 Å². The van der Waals surface area contributed by atoms with Crippen molar-refractivity contribution >= 4 is 33.2 Å². The van der Waals surface area contributed by atoms with E-state index in [9.17, 15) is 26.7 Å². The molecule has 0 spiro atoms. The lowest BCUT2D eigenvalue weighted by Gasteiger charge is -2.07. The third kappa shape index (κ3) is 2.55. The number of halogens is 6. The molecule has 0 bridgehead atoms. The Labute approximate surface area is 120 Å². The lowest BCUT2D eigenvalue weighted by molar-refractivity contribution is 0.0721. The van der Waals surface area contributed by atoms with Crippen LogP contribution in [0.1, 0.15) is 9.67 Å². The Morgan fingerprint density at radius 3 is 1.90 bits per heavy atom. The third-order valence-corrected chi connectivity index (χ3v) is 3.74. The number of hydrogen-bond donors (Lipinski definition) is 0. The van der Waals surface area contributed by atoms with Crippen LogP contribution in [0.2, 0.25) is 0 Å². The van der Waals surface area contributed by atoms with Crippen molar-refractivity contribution in [3.8, 4) is 5.75 Å². The standard InChI is InChI=1S/C11H2BrF5O2S/c12-4-2-1-3(20-4)11(18)19-10-8(16)6(14)5(13)7(15)9(10)17/h1-2H. The van der Waals surface area contributed by atoms with Crippen LogP contribution in [-0.2, 0) is 0 Å². The van der Waals surface area contributed by atoms with Gasteiger partial charge in [-0.3, -0.25) is 0 Å². The van der Waals surface area contributed by atoms with Gasteiger partial charge >= 0.3 is 5.97 Å². The van der Waals surface area contributed by atoms with E-state index in [2.05, 4.69) is 20.7 Å². The van der Waals surface area contributed by atoms with Gasteiger partial charge in [-0.1, -0.05) is 0 Å². The van der Waals surface area contributed by atoms with E-state index in [0.717, 1.165) is 11.3 Å². The van der Waals surface area contributed by atoms with Crippen molar-refractivity contribution in [1.29, 1.82) is 0 Å². The van der Waals surface area contributed by atoms with Crippen LogP contribution in [0.25, 0.3) is 0 Å². The summed E-state index contributed by atoms with van der Waals surface area (Å²) in [5.74, 6) is -14.0. The van der Waals surface area contributed by atoms with E-state index in [-0.39, 0.29) is 4.88 Å². The number of benzene rings is 1. The quantitative estimate of drug-likeness (QED) is 0.256. The molecule has 0 aliphatic rings. The van der Waals surface area contributed by atoms with Crippen molar-refractivity contribution in [3.05, 3.63) is 49.9 Å². The highest BCUT2D eigenvalue weighted by molar-refractivity contribution is 9.11. The monoisotopic (exact) mass is 372 g/mol. The molecule has 2 aromatic rings. The van der Waals surface area contributed by atoms with Crippen LogP contribution in [0.5, 0.6) is 5.75 Å². The number of rotatable bonds is 2. The minimum absolute atomic E-state index is 0.0687. The smallest absolute Gasteiger partial charge is 0.353 e. The molecule has 20 heavy (non-hydrogen) atoms. The summed E-state index contributed by atoms with van der Waals surface area (Å²) in [7, 11) is 0. The van der Waals surface area contributed by atoms with Gasteiger partial charge in [0.05, 0.1) is 3.79 Å². The van der Waals surface area contributed by atoms with Crippen LogP contribution in [0.3, 0.4) is 0 Å². The summed E-state index contributed by atoms with van der Waals surface area (Å²) in [5.41, 5.74) is 0. The summed E-state index contributed by atoms with van der Waals surface area (Å²) in [6.45, 7) is 0. The van der Waals surface area contributed by atoms with Crippen LogP contribution in [-0.4, -0.2) is 5.97 Å². The summed E-state index contributed by atoms with van der Waals surface area (Å²) in [4.78, 5) is 11.5. The van der Waals surface area contributed by atoms with Crippen LogP contribution in [0, 0.1) is 29.1 Å². The Balaban J connectivity index is 2.42. The molecule has 0 aliphatic heterocycles. The Hall–Kier alpha value is -1.48. The lowest BCUT2D eigenvalue weighted by atomic mass is 10.2. The maximum Gasteiger partial charge on any atom is 0.353 e. The van der Waals surface area contributed by atoms with Crippen molar-refractivity contribution in [2.45, 2.75) is 0 Å². The third-order valence-electron chi connectivity index (χ3n) is 2.14. The Bertz CT molecular complexity index is 671. The number of thiophene rings is 1. The summed E-state index contributed by atoms with van der Waals surface area (Å²) in [5, 5.41) is 0. The zero-order chi connectivity index (χ0) is 15.0. The van der Waals surface area contributed by atoms with E-state index >= 15 is 0 Å². The largest absolute Gasteiger partial charge is 0.416 e. The van der Waals surface area contributed by atoms with Gasteiger partial charge in [0.15, 0.2) is 0 Å². The molecule has 0 N–H and O–H groups in total. The average Bonchev–Trinajstić information content (AvgIpc) is 2.85. The van der Waals surface area contributed by atoms with Gasteiger partial charge < -0.3 is 4.74 Å². The number of ether oxygens (including phenoxy) is 1. The van der Waals surface area contributed by atoms with Crippen LogP contribution in [0.4, 0.5) is 22.0 Å². The van der Waals surface area contributed by atoms with E-state index in [0.29, 0.717) is 3.79 Å². The molecule has 0 fully saturated rings. The molecular weight excluding hydrogens is 371 g/mol. The van der Waals surface area contributed by atoms with Crippen molar-refractivity contribution in [2.75, 3.05) is 0 Å². The van der Waals surface area contributed by atoms with Crippen LogP contribution >= 0.6 is 27.3 Å². The molecule has 1 aromatic heterocycles. The van der Waals surface area contributed by atoms with Gasteiger partial charge in [-0.15, -0.1) is 11.3 Å². The summed E-state index contributed by atoms with van der Waals surface area (Å²) in [6, 6.07) is 2.73. The summed E-state index contributed by atoms with van der Waals surface area (Å²) >= 11 is 3.91. The molecule has 2 rings (SSSR count). The minimum Gasteiger partial charge on any atom is -0.416 e. The molecule has 2 nitrogen and oxygen atoms in total. The maximum absolute atomic E-state index is 13.3. The van der Waals surface area contributed by atoms with Gasteiger partial charge in [-0.2, -0.15) is 8.78 Å². The van der Waals surface area contributed by atoms with E-state index < -0.39 is 40.8 Å². The first-order chi connectivity index (χ1) is 9.32. The van der Waals surface area contributed by atoms with E-state index in [1.807, 2.05) is 0 Å². The van der Waals surface area contributed by atoms with Crippen molar-refractivity contribution < 1.29 is 31.5 Å². The van der Waals surface area contributed by atoms with E-state index in [1.54, 1.807) is 0 Å². The predicted molar refractivity (Wildman–Crippen MR) is 63.2 cm³/mol. The fraction of sp³-hybridized carbons (Fsp3) is 0. The normalized spacial score (nSPS) is 10.7. The molecule has 1 aromatic carbocycles. The second kappa shape index (κ2) is 5.49. The fourth-order valence-corrected chi connectivity index (χ4v) is 2.50. The van der Waals surface area contributed by atoms with Gasteiger partial charge in [0.1, 0.15) is 4.88 Å². The second-order valence-corrected chi connectivity index (χ2v) is 5.86. The molecule has 0 aliphatic carbocycles. The van der Waals surface area contributed by atoms with Crippen LogP contribution in [0.15, 0.2) is 15.9 Å². The summed E-state index contributed by atoms with van der Waals surface area (Å²) in [6.07, 6.45) is 0. The van der Waals surface area contributed by atoms with E-state index in [4.69, 9.17) is 0 Å². The molecule has 0 amide bonds. The molecular formula is C11H2BrF5O2S. The van der Waals surface area contributed by atoms with Gasteiger partial charge in [-0.05, 0) is 28.1 Å². The van der Waals surface area contributed by atoms with E-state index in [1.165, 1.54) is 12.1 Å². The molecule has 1 heterocycles. The number of esters is 1. The van der Waals surface area contributed by atoms with Crippen molar-refractivity contribution in [2.24, 2.45) is 0 Å². The first-order valence-corrected chi connectivity index (χ1v) is 6.42. The fourth-order valence-electron chi connectivity index (χ4n) is 1.24. The summed E-state index contributed by atoms with van der Waals surface area (Å²) < 4.78 is 69.9. The zero-order valence-corrected chi connectivity index (χ0v) is 11.5. The van der Waals surface area contributed by atoms with Gasteiger partial charge in [0, 0.05) is 0 Å². The lowest BCUT2D eigenvalue weighted by Crippen LogP contribution is -2.12. The first kappa shape index (κ1) is 14.9. The van der Waals surface area contributed by atoms with Gasteiger partial charge in [0.25, 0.3) is 0 Å². The number of hydrogen-bond acceptors (Lipinski definition) is 3. The predicted octanol–water partition coefficient (Wildman–Crippen LogP) is 4.43. The Morgan fingerprint density at radius 2 is 1.45 bits per heavy atom. The molecule has 106 valence electrons. The first-order valence-electron chi connectivity index (χ1n) is 4.82. The van der Waals surface area contributed by atoms with Crippen molar-refractivity contribution in [3.63, 3.8) is 0 Å².